The molecule has 83 heavy (non-hydrogen) atoms. The summed E-state index contributed by atoms with van der Waals surface area (Å²) in [6.07, 6.45) is 6.93. The van der Waals surface area contributed by atoms with Crippen molar-refractivity contribution in [2.24, 2.45) is 11.8 Å². The van der Waals surface area contributed by atoms with Gasteiger partial charge in [-0.1, -0.05) is 120 Å². The van der Waals surface area contributed by atoms with Crippen LogP contribution in [0.25, 0.3) is 0 Å². The molecular formula is C65H82N10O6S2. The second kappa shape index (κ2) is 23.1. The number of nitrogens with one attached hydrogen (secondary N) is 1. The molecule has 2 saturated heterocycles. The van der Waals surface area contributed by atoms with E-state index in [1.807, 2.05) is 79.7 Å². The summed E-state index contributed by atoms with van der Waals surface area (Å²) in [7, 11) is -4.67. The van der Waals surface area contributed by atoms with E-state index in [1.165, 1.54) is 18.2 Å². The lowest BCUT2D eigenvalue weighted by Crippen LogP contribution is -2.42. The Morgan fingerprint density at radius 2 is 1.00 bits per heavy atom. The van der Waals surface area contributed by atoms with Gasteiger partial charge in [0.2, 0.25) is 0 Å². The monoisotopic (exact) mass is 1160 g/mol. The average molecular weight is 1160 g/mol. The molecule has 2 fully saturated rings. The molecule has 2 aromatic carbocycles. The minimum Gasteiger partial charge on any atom is -0.353 e. The van der Waals surface area contributed by atoms with Crippen LogP contribution in [0.15, 0.2) is 144 Å². The van der Waals surface area contributed by atoms with Gasteiger partial charge in [-0.15, -0.1) is 6.58 Å². The zero-order valence-corrected chi connectivity index (χ0v) is 51.9. The fourth-order valence-corrected chi connectivity index (χ4v) is 14.6. The van der Waals surface area contributed by atoms with Gasteiger partial charge in [0.15, 0.2) is 10.1 Å². The fraction of sp³-hybridized carbons (Fsp3) is 0.446. The molecule has 4 aromatic heterocycles. The number of benzene rings is 2. The lowest BCUT2D eigenvalue weighted by Gasteiger charge is -2.35. The molecule has 0 saturated carbocycles. The molecule has 6 aromatic rings. The van der Waals surface area contributed by atoms with Crippen molar-refractivity contribution in [2.75, 3.05) is 53.3 Å². The van der Waals surface area contributed by atoms with Crippen LogP contribution in [0.5, 0.6) is 0 Å². The highest BCUT2D eigenvalue weighted by Gasteiger charge is 2.45. The Morgan fingerprint density at radius 1 is 0.566 bits per heavy atom. The summed E-state index contributed by atoms with van der Waals surface area (Å²) in [5.41, 5.74) is 3.43. The van der Waals surface area contributed by atoms with Gasteiger partial charge in [0.05, 0.1) is 29.8 Å². The quantitative estimate of drug-likeness (QED) is 0.165. The van der Waals surface area contributed by atoms with Crippen molar-refractivity contribution in [2.45, 2.75) is 152 Å². The van der Waals surface area contributed by atoms with Crippen LogP contribution < -0.4 is 24.3 Å². The van der Waals surface area contributed by atoms with E-state index in [9.17, 15) is 26.4 Å². The minimum absolute atomic E-state index is 0.00133. The van der Waals surface area contributed by atoms with Crippen LogP contribution in [0.1, 0.15) is 163 Å². The molecular weight excluding hydrogens is 1080 g/mol. The molecule has 16 nitrogen and oxygen atoms in total. The van der Waals surface area contributed by atoms with E-state index in [2.05, 4.69) is 129 Å². The maximum Gasteiger partial charge on any atom is 0.284 e. The molecule has 4 aliphatic rings. The van der Waals surface area contributed by atoms with Crippen molar-refractivity contribution < 1.29 is 26.4 Å². The Labute approximate surface area is 492 Å². The average Bonchev–Trinajstić information content (AvgIpc) is 2.80. The second-order valence-corrected chi connectivity index (χ2v) is 29.5. The van der Waals surface area contributed by atoms with E-state index in [4.69, 9.17) is 9.97 Å². The Balaban J connectivity index is 0.000000200. The molecule has 0 aliphatic carbocycles. The topological polar surface area (TPSA) is 182 Å². The molecule has 10 rings (SSSR count). The van der Waals surface area contributed by atoms with Gasteiger partial charge in [-0.05, 0) is 138 Å². The van der Waals surface area contributed by atoms with Crippen molar-refractivity contribution in [3.8, 4) is 0 Å². The first kappa shape index (κ1) is 60.4. The van der Waals surface area contributed by atoms with E-state index in [1.54, 1.807) is 24.3 Å². The maximum atomic E-state index is 14.3. The number of hydrogen-bond donors (Lipinski definition) is 1. The van der Waals surface area contributed by atoms with Gasteiger partial charge in [0.25, 0.3) is 31.9 Å². The fourth-order valence-electron chi connectivity index (χ4n) is 12.4. The van der Waals surface area contributed by atoms with Gasteiger partial charge in [-0.3, -0.25) is 9.59 Å². The van der Waals surface area contributed by atoms with Gasteiger partial charge < -0.3 is 19.6 Å². The van der Waals surface area contributed by atoms with Crippen molar-refractivity contribution in [1.29, 1.82) is 0 Å². The molecule has 1 N–H and O–H groups in total. The van der Waals surface area contributed by atoms with Crippen LogP contribution >= 0.6 is 0 Å². The third-order valence-corrected chi connectivity index (χ3v) is 19.8. The van der Waals surface area contributed by atoms with E-state index >= 15 is 0 Å². The number of aromatic nitrogens is 4. The number of carbonyl (C=O) groups excluding carboxylic acids is 2. The lowest BCUT2D eigenvalue weighted by molar-refractivity contribution is 0.0870. The highest BCUT2D eigenvalue weighted by Crippen LogP contribution is 2.45. The van der Waals surface area contributed by atoms with Crippen molar-refractivity contribution in [3.05, 3.63) is 168 Å². The summed E-state index contributed by atoms with van der Waals surface area (Å²) in [5, 5.41) is -0.383. The standard InChI is InChI=1S/C34H43N5O3S.C31H39N5O3S/c1-8-21-39-32(40)26-18-20-28(33(2,3)4)35-31(26)38-23-24(22-34(38,5)6)17-19-27(25-13-10-9-11-14-25)37(7)29-15-12-16-30(36-29)43(39,41)42;1-30(2,3)25-18-16-23-28(32-25)36-20-21(19-31(36,4)5)15-17-24(22-11-8-7-9-12-22)35(6)26-13-10-14-27(33-26)40(38,39)34-29(23)37/h8-16,18,20,24,27H,1,17,19,21-23H2,2-7H3;7-14,16,18,21,24H,15,17,19-20H2,1-6H3,(H,34,37)/t24-,27?;21-,24?/m00/s1. The number of hydrogen-bond acceptors (Lipinski definition) is 14. The predicted octanol–water partition coefficient (Wildman–Crippen LogP) is 11.8. The SMILES string of the molecule is C=CCN1C(=O)c2ccc(C(C)(C)C)nc2N2C[C@@H](CCC(c3ccccc3)N(C)c3cccc(n3)S1(=O)=O)CC2(C)C.CN1c2cccc(n2)S(=O)(=O)NC(=O)c2ccc(C(C)(C)C)nc2N2C[C@@H](CCC1c1ccccc1)CC2(C)C. The Morgan fingerprint density at radius 3 is 1.46 bits per heavy atom. The molecule has 8 bridgehead atoms. The Hall–Kier alpha value is -7.18. The number of rotatable bonds is 4. The number of nitrogens with zero attached hydrogens (tertiary/aromatic N) is 9. The number of anilines is 4. The van der Waals surface area contributed by atoms with Gasteiger partial charge >= 0.3 is 0 Å². The number of fused-ring (bicyclic) bond motifs is 12. The smallest absolute Gasteiger partial charge is 0.284 e. The molecule has 18 heteroatoms. The minimum atomic E-state index is -4.33. The Bertz CT molecular complexity index is 3600. The zero-order valence-electron chi connectivity index (χ0n) is 50.3. The molecule has 440 valence electrons. The van der Waals surface area contributed by atoms with Crippen LogP contribution in [0.2, 0.25) is 0 Å². The van der Waals surface area contributed by atoms with Gasteiger partial charge in [0, 0.05) is 60.5 Å². The Kier molecular flexibility index (Phi) is 16.8. The van der Waals surface area contributed by atoms with Gasteiger partial charge in [-0.2, -0.15) is 16.8 Å². The second-order valence-electron chi connectivity index (χ2n) is 26.1. The highest BCUT2D eigenvalue weighted by molar-refractivity contribution is 7.90. The number of amides is 2. The van der Waals surface area contributed by atoms with Crippen molar-refractivity contribution in [3.63, 3.8) is 0 Å². The first-order valence-electron chi connectivity index (χ1n) is 28.8. The third kappa shape index (κ3) is 12.7. The van der Waals surface area contributed by atoms with Crippen LogP contribution in [0, 0.1) is 11.8 Å². The van der Waals surface area contributed by atoms with Crippen molar-refractivity contribution in [1.82, 2.24) is 29.0 Å². The van der Waals surface area contributed by atoms with Crippen LogP contribution in [-0.4, -0.2) is 97.7 Å². The van der Waals surface area contributed by atoms with E-state index in [-0.39, 0.29) is 61.7 Å². The first-order chi connectivity index (χ1) is 39.0. The number of sulfonamides is 2. The van der Waals surface area contributed by atoms with E-state index in [0.717, 1.165) is 78.4 Å². The summed E-state index contributed by atoms with van der Waals surface area (Å²) in [5.74, 6) is 1.50. The highest BCUT2D eigenvalue weighted by atomic mass is 32.2. The summed E-state index contributed by atoms with van der Waals surface area (Å²) in [4.78, 5) is 55.6. The first-order valence-corrected chi connectivity index (χ1v) is 31.8. The molecule has 2 unspecified atom stereocenters. The van der Waals surface area contributed by atoms with E-state index in [0.29, 0.717) is 35.1 Å². The lowest BCUT2D eigenvalue weighted by atomic mass is 9.90. The number of carbonyl (C=O) groups is 2. The third-order valence-electron chi connectivity index (χ3n) is 16.9. The zero-order chi connectivity index (χ0) is 60.0. The van der Waals surface area contributed by atoms with Gasteiger partial charge in [-0.25, -0.2) is 29.0 Å². The van der Waals surface area contributed by atoms with Crippen LogP contribution in [0.4, 0.5) is 23.3 Å². The van der Waals surface area contributed by atoms with E-state index < -0.39 is 31.9 Å². The van der Waals surface area contributed by atoms with Crippen LogP contribution in [-0.2, 0) is 30.9 Å². The predicted molar refractivity (Wildman–Crippen MR) is 330 cm³/mol. The number of pyridine rings is 4. The molecule has 4 atom stereocenters. The molecule has 0 spiro atoms. The molecule has 8 heterocycles. The summed E-state index contributed by atoms with van der Waals surface area (Å²) < 4.78 is 58.4. The van der Waals surface area contributed by atoms with Crippen molar-refractivity contribution >= 4 is 55.1 Å². The summed E-state index contributed by atoms with van der Waals surface area (Å²) >= 11 is 0. The molecule has 2 amide bonds. The summed E-state index contributed by atoms with van der Waals surface area (Å²) in [6, 6.07) is 37.5. The normalized spacial score (nSPS) is 22.3. The van der Waals surface area contributed by atoms with Crippen LogP contribution in [0.3, 0.4) is 0 Å². The molecule has 0 radical (unpaired) electrons. The summed E-state index contributed by atoms with van der Waals surface area (Å²) in [6.45, 7) is 26.2. The molecule has 4 aliphatic heterocycles. The van der Waals surface area contributed by atoms with Gasteiger partial charge in [0.1, 0.15) is 23.3 Å². The maximum absolute atomic E-state index is 14.3. The largest absolute Gasteiger partial charge is 0.353 e.